The number of fused-ring (bicyclic) bond motifs is 1. The Labute approximate surface area is 203 Å². The van der Waals surface area contributed by atoms with Gasteiger partial charge in [0.2, 0.25) is 5.95 Å². The molecule has 0 unspecified atom stereocenters. The number of ether oxygens (including phenoxy) is 2. The molecule has 3 heterocycles. The van der Waals surface area contributed by atoms with E-state index in [9.17, 15) is 18.0 Å². The predicted molar refractivity (Wildman–Crippen MR) is 125 cm³/mol. The standard InChI is InChI=1S/C24H21F3N6O3/c1-32-14-28-19-20(32)30-23(33-8-10-35-11-9-33)31-22(19)36-18-7-3-6-17(13-18)29-21(34)15-4-2-5-16(12-15)24(25,26)27/h2-7,12-14H,8-11H2,1H3,(H,29,34). The molecule has 2 aromatic carbocycles. The molecule has 1 N–H and O–H groups in total. The van der Waals surface area contributed by atoms with E-state index in [-0.39, 0.29) is 11.4 Å². The summed E-state index contributed by atoms with van der Waals surface area (Å²) >= 11 is 0. The number of carbonyl (C=O) groups is 1. The van der Waals surface area contributed by atoms with E-state index in [1.807, 2.05) is 11.9 Å². The second kappa shape index (κ2) is 9.46. The van der Waals surface area contributed by atoms with Crippen LogP contribution in [0.2, 0.25) is 0 Å². The van der Waals surface area contributed by atoms with Gasteiger partial charge in [0.25, 0.3) is 11.8 Å². The van der Waals surface area contributed by atoms with E-state index >= 15 is 0 Å². The van der Waals surface area contributed by atoms with Gasteiger partial charge in [-0.15, -0.1) is 0 Å². The largest absolute Gasteiger partial charge is 0.437 e. The normalized spacial score (nSPS) is 14.2. The van der Waals surface area contributed by atoms with Gasteiger partial charge in [0.05, 0.1) is 25.1 Å². The van der Waals surface area contributed by atoms with E-state index in [2.05, 4.69) is 20.3 Å². The Morgan fingerprint density at radius 3 is 2.64 bits per heavy atom. The number of aromatic nitrogens is 4. The molecule has 0 aliphatic carbocycles. The van der Waals surface area contributed by atoms with E-state index in [0.29, 0.717) is 54.9 Å². The lowest BCUT2D eigenvalue weighted by Gasteiger charge is -2.26. The van der Waals surface area contributed by atoms with Crippen LogP contribution in [-0.4, -0.2) is 51.7 Å². The molecule has 1 saturated heterocycles. The number of hydrogen-bond donors (Lipinski definition) is 1. The highest BCUT2D eigenvalue weighted by Crippen LogP contribution is 2.31. The first-order valence-electron chi connectivity index (χ1n) is 11.1. The maximum absolute atomic E-state index is 13.0. The molecule has 4 aromatic rings. The van der Waals surface area contributed by atoms with Gasteiger partial charge < -0.3 is 24.3 Å². The summed E-state index contributed by atoms with van der Waals surface area (Å²) in [5, 5.41) is 2.61. The molecule has 186 valence electrons. The number of rotatable bonds is 5. The number of benzene rings is 2. The van der Waals surface area contributed by atoms with Gasteiger partial charge >= 0.3 is 6.18 Å². The number of nitrogens with zero attached hydrogens (tertiary/aromatic N) is 5. The van der Waals surface area contributed by atoms with Crippen LogP contribution < -0.4 is 15.0 Å². The third-order valence-corrected chi connectivity index (χ3v) is 5.57. The first-order chi connectivity index (χ1) is 17.3. The van der Waals surface area contributed by atoms with Crippen molar-refractivity contribution in [1.29, 1.82) is 0 Å². The molecular weight excluding hydrogens is 477 g/mol. The highest BCUT2D eigenvalue weighted by atomic mass is 19.4. The molecule has 9 nitrogen and oxygen atoms in total. The third kappa shape index (κ3) is 4.93. The van der Waals surface area contributed by atoms with Gasteiger partial charge in [-0.2, -0.15) is 23.1 Å². The summed E-state index contributed by atoms with van der Waals surface area (Å²) in [7, 11) is 1.82. The minimum atomic E-state index is -4.54. The molecule has 1 aliphatic rings. The number of imidazole rings is 1. The molecule has 36 heavy (non-hydrogen) atoms. The molecule has 0 bridgehead atoms. The van der Waals surface area contributed by atoms with Gasteiger partial charge in [-0.3, -0.25) is 4.79 Å². The van der Waals surface area contributed by atoms with Crippen LogP contribution in [0.4, 0.5) is 24.8 Å². The molecule has 0 atom stereocenters. The van der Waals surface area contributed by atoms with Crippen LogP contribution in [0, 0.1) is 0 Å². The fraction of sp³-hybridized carbons (Fsp3) is 0.250. The van der Waals surface area contributed by atoms with Gasteiger partial charge in [-0.05, 0) is 30.3 Å². The van der Waals surface area contributed by atoms with E-state index < -0.39 is 17.6 Å². The number of amides is 1. The molecule has 1 fully saturated rings. The van der Waals surface area contributed by atoms with Crippen molar-refractivity contribution in [1.82, 2.24) is 19.5 Å². The minimum Gasteiger partial charge on any atom is -0.437 e. The molecule has 1 amide bonds. The summed E-state index contributed by atoms with van der Waals surface area (Å²) in [6, 6.07) is 10.7. The highest BCUT2D eigenvalue weighted by molar-refractivity contribution is 6.04. The Hall–Kier alpha value is -4.19. The summed E-state index contributed by atoms with van der Waals surface area (Å²) in [6.07, 6.45) is -2.93. The van der Waals surface area contributed by atoms with Crippen molar-refractivity contribution >= 4 is 28.7 Å². The zero-order valence-corrected chi connectivity index (χ0v) is 19.1. The fourth-order valence-electron chi connectivity index (χ4n) is 3.73. The Morgan fingerprint density at radius 1 is 1.08 bits per heavy atom. The van der Waals surface area contributed by atoms with Crippen LogP contribution in [0.1, 0.15) is 15.9 Å². The molecule has 0 saturated carbocycles. The SMILES string of the molecule is Cn1cnc2c(Oc3cccc(NC(=O)c4cccc(C(F)(F)F)c4)c3)nc(N3CCOCC3)nc21. The van der Waals surface area contributed by atoms with Crippen molar-refractivity contribution in [2.45, 2.75) is 6.18 Å². The lowest BCUT2D eigenvalue weighted by Crippen LogP contribution is -2.37. The number of alkyl halides is 3. The van der Waals surface area contributed by atoms with Crippen molar-refractivity contribution in [3.05, 3.63) is 66.0 Å². The Balaban J connectivity index is 1.39. The van der Waals surface area contributed by atoms with Crippen LogP contribution in [0.3, 0.4) is 0 Å². The van der Waals surface area contributed by atoms with Gasteiger partial charge in [0.1, 0.15) is 5.75 Å². The predicted octanol–water partition coefficient (Wildman–Crippen LogP) is 4.26. The van der Waals surface area contributed by atoms with Crippen molar-refractivity contribution in [2.75, 3.05) is 36.5 Å². The molecule has 0 spiro atoms. The van der Waals surface area contributed by atoms with Gasteiger partial charge in [-0.1, -0.05) is 12.1 Å². The van der Waals surface area contributed by atoms with E-state index in [1.165, 1.54) is 12.1 Å². The van der Waals surface area contributed by atoms with Crippen LogP contribution in [0.15, 0.2) is 54.9 Å². The highest BCUT2D eigenvalue weighted by Gasteiger charge is 2.31. The van der Waals surface area contributed by atoms with Gasteiger partial charge in [-0.25, -0.2) is 4.98 Å². The van der Waals surface area contributed by atoms with Crippen LogP contribution in [-0.2, 0) is 18.0 Å². The second-order valence-electron chi connectivity index (χ2n) is 8.12. The zero-order valence-electron chi connectivity index (χ0n) is 19.1. The lowest BCUT2D eigenvalue weighted by atomic mass is 10.1. The number of aryl methyl sites for hydroxylation is 1. The number of carbonyl (C=O) groups excluding carboxylic acids is 1. The molecular formula is C24H21F3N6O3. The zero-order chi connectivity index (χ0) is 25.3. The molecule has 0 radical (unpaired) electrons. The maximum atomic E-state index is 13.0. The van der Waals surface area contributed by atoms with E-state index in [1.54, 1.807) is 35.2 Å². The topological polar surface area (TPSA) is 94.4 Å². The summed E-state index contributed by atoms with van der Waals surface area (Å²) < 4.78 is 52.2. The Bertz CT molecular complexity index is 1420. The molecule has 12 heteroatoms. The molecule has 2 aromatic heterocycles. The van der Waals surface area contributed by atoms with Crippen molar-refractivity contribution in [2.24, 2.45) is 7.05 Å². The quantitative estimate of drug-likeness (QED) is 0.439. The van der Waals surface area contributed by atoms with Gasteiger partial charge in [0.15, 0.2) is 11.2 Å². The van der Waals surface area contributed by atoms with Crippen LogP contribution >= 0.6 is 0 Å². The lowest BCUT2D eigenvalue weighted by molar-refractivity contribution is -0.137. The smallest absolute Gasteiger partial charge is 0.416 e. The fourth-order valence-corrected chi connectivity index (χ4v) is 3.73. The Kier molecular flexibility index (Phi) is 6.18. The van der Waals surface area contributed by atoms with E-state index in [4.69, 9.17) is 9.47 Å². The van der Waals surface area contributed by atoms with Crippen molar-refractivity contribution in [3.8, 4) is 11.6 Å². The number of nitrogens with one attached hydrogen (secondary N) is 1. The summed E-state index contributed by atoms with van der Waals surface area (Å²) in [5.74, 6) is 0.402. The van der Waals surface area contributed by atoms with Crippen LogP contribution in [0.5, 0.6) is 11.6 Å². The first-order valence-corrected chi connectivity index (χ1v) is 11.1. The number of hydrogen-bond acceptors (Lipinski definition) is 7. The maximum Gasteiger partial charge on any atom is 0.416 e. The molecule has 5 rings (SSSR count). The number of morpholine rings is 1. The number of anilines is 2. The van der Waals surface area contributed by atoms with Gasteiger partial charge in [0, 0.05) is 37.5 Å². The average Bonchev–Trinajstić information content (AvgIpc) is 3.25. The summed E-state index contributed by atoms with van der Waals surface area (Å²) in [4.78, 5) is 28.1. The summed E-state index contributed by atoms with van der Waals surface area (Å²) in [6.45, 7) is 2.41. The van der Waals surface area contributed by atoms with Crippen molar-refractivity contribution in [3.63, 3.8) is 0 Å². The van der Waals surface area contributed by atoms with Crippen molar-refractivity contribution < 1.29 is 27.4 Å². The third-order valence-electron chi connectivity index (χ3n) is 5.57. The summed E-state index contributed by atoms with van der Waals surface area (Å²) in [5.41, 5.74) is 0.391. The number of halogens is 3. The second-order valence-corrected chi connectivity index (χ2v) is 8.12. The first kappa shape index (κ1) is 23.5. The minimum absolute atomic E-state index is 0.114. The monoisotopic (exact) mass is 498 g/mol. The van der Waals surface area contributed by atoms with E-state index in [0.717, 1.165) is 12.1 Å². The molecule has 1 aliphatic heterocycles. The average molecular weight is 498 g/mol. The Morgan fingerprint density at radius 2 is 1.86 bits per heavy atom. The van der Waals surface area contributed by atoms with Crippen LogP contribution in [0.25, 0.3) is 11.2 Å².